The van der Waals surface area contributed by atoms with Crippen LogP contribution in [-0.2, 0) is 6.42 Å². The third-order valence-corrected chi connectivity index (χ3v) is 4.25. The molecule has 0 radical (unpaired) electrons. The van der Waals surface area contributed by atoms with E-state index in [0.717, 1.165) is 34.6 Å². The Bertz CT molecular complexity index is 712. The Morgan fingerprint density at radius 3 is 2.86 bits per heavy atom. The average molecular weight is 302 g/mol. The van der Waals surface area contributed by atoms with Gasteiger partial charge in [-0.25, -0.2) is 0 Å². The van der Waals surface area contributed by atoms with Crippen molar-refractivity contribution in [1.82, 2.24) is 4.98 Å². The molecular weight excluding hydrogens is 286 g/mol. The van der Waals surface area contributed by atoms with Crippen molar-refractivity contribution in [3.63, 3.8) is 0 Å². The first-order chi connectivity index (χ1) is 10.1. The Labute approximate surface area is 128 Å². The van der Waals surface area contributed by atoms with Crippen molar-refractivity contribution in [2.45, 2.75) is 25.7 Å². The highest BCUT2D eigenvalue weighted by molar-refractivity contribution is 6.30. The highest BCUT2D eigenvalue weighted by Gasteiger charge is 2.30. The Balaban J connectivity index is 2.04. The molecule has 1 aliphatic rings. The second-order valence-corrected chi connectivity index (χ2v) is 5.80. The average Bonchev–Trinajstić information content (AvgIpc) is 2.47. The molecular formula is C17H16ClNO2. The first-order valence-corrected chi connectivity index (χ1v) is 7.29. The van der Waals surface area contributed by atoms with Gasteiger partial charge in [-0.1, -0.05) is 11.6 Å². The van der Waals surface area contributed by atoms with Crippen LogP contribution in [0.3, 0.4) is 0 Å². The number of methoxy groups -OCH3 is 1. The molecule has 21 heavy (non-hydrogen) atoms. The van der Waals surface area contributed by atoms with Crippen LogP contribution in [0.2, 0.25) is 5.02 Å². The molecule has 1 aromatic heterocycles. The fourth-order valence-corrected chi connectivity index (χ4v) is 3.21. The second-order valence-electron chi connectivity index (χ2n) is 5.36. The van der Waals surface area contributed by atoms with Gasteiger partial charge in [-0.05, 0) is 48.7 Å². The van der Waals surface area contributed by atoms with E-state index >= 15 is 0 Å². The molecule has 1 aliphatic carbocycles. The lowest BCUT2D eigenvalue weighted by molar-refractivity contribution is 0.0962. The topological polar surface area (TPSA) is 39.2 Å². The van der Waals surface area contributed by atoms with Crippen molar-refractivity contribution in [2.24, 2.45) is 0 Å². The maximum absolute atomic E-state index is 12.5. The van der Waals surface area contributed by atoms with E-state index < -0.39 is 0 Å². The number of aryl methyl sites for hydroxylation is 1. The van der Waals surface area contributed by atoms with E-state index in [0.29, 0.717) is 11.4 Å². The summed E-state index contributed by atoms with van der Waals surface area (Å²) in [5, 5.41) is 0.654. The molecule has 0 aliphatic heterocycles. The molecule has 4 heteroatoms. The highest BCUT2D eigenvalue weighted by Crippen LogP contribution is 2.38. The molecule has 1 aromatic carbocycles. The molecule has 0 saturated carbocycles. The minimum Gasteiger partial charge on any atom is -0.496 e. The number of fused-ring (bicyclic) bond motifs is 1. The number of hydrogen-bond donors (Lipinski definition) is 0. The van der Waals surface area contributed by atoms with Crippen LogP contribution in [-0.4, -0.2) is 17.9 Å². The fourth-order valence-electron chi connectivity index (χ4n) is 3.03. The maximum Gasteiger partial charge on any atom is 0.165 e. The molecule has 108 valence electrons. The number of rotatable bonds is 2. The predicted molar refractivity (Wildman–Crippen MR) is 82.4 cm³/mol. The molecule has 3 rings (SSSR count). The summed E-state index contributed by atoms with van der Waals surface area (Å²) in [6, 6.07) is 7.42. The lowest BCUT2D eigenvalue weighted by Gasteiger charge is -2.25. The number of pyridine rings is 1. The second kappa shape index (κ2) is 5.49. The van der Waals surface area contributed by atoms with Crippen LogP contribution in [0.25, 0.3) is 0 Å². The quantitative estimate of drug-likeness (QED) is 0.842. The zero-order chi connectivity index (χ0) is 15.0. The summed E-state index contributed by atoms with van der Waals surface area (Å²) < 4.78 is 5.41. The Kier molecular flexibility index (Phi) is 3.68. The minimum absolute atomic E-state index is 0.0629. The number of benzene rings is 1. The number of Topliss-reactive ketones (excluding diaryl/α,β-unsaturated/α-hetero) is 1. The molecule has 0 saturated heterocycles. The van der Waals surface area contributed by atoms with E-state index in [9.17, 15) is 4.79 Å². The molecule has 0 fully saturated rings. The van der Waals surface area contributed by atoms with Gasteiger partial charge in [0.2, 0.25) is 0 Å². The van der Waals surface area contributed by atoms with Crippen molar-refractivity contribution in [3.8, 4) is 5.75 Å². The van der Waals surface area contributed by atoms with Gasteiger partial charge in [0, 0.05) is 29.1 Å². The summed E-state index contributed by atoms with van der Waals surface area (Å²) in [4.78, 5) is 16.9. The van der Waals surface area contributed by atoms with Crippen LogP contribution < -0.4 is 4.74 Å². The molecule has 1 unspecified atom stereocenters. The summed E-state index contributed by atoms with van der Waals surface area (Å²) in [5.41, 5.74) is 3.64. The number of aromatic nitrogens is 1. The van der Waals surface area contributed by atoms with Gasteiger partial charge in [0.15, 0.2) is 5.78 Å². The van der Waals surface area contributed by atoms with Gasteiger partial charge >= 0.3 is 0 Å². The monoisotopic (exact) mass is 301 g/mol. The van der Waals surface area contributed by atoms with Gasteiger partial charge in [-0.15, -0.1) is 0 Å². The number of halogens is 1. The van der Waals surface area contributed by atoms with Crippen LogP contribution in [0.15, 0.2) is 30.5 Å². The first-order valence-electron chi connectivity index (χ1n) is 6.91. The van der Waals surface area contributed by atoms with Crippen molar-refractivity contribution < 1.29 is 9.53 Å². The molecule has 3 nitrogen and oxygen atoms in total. The smallest absolute Gasteiger partial charge is 0.165 e. The summed E-state index contributed by atoms with van der Waals surface area (Å²) in [5.74, 6) is 0.982. The predicted octanol–water partition coefficient (Wildman–Crippen LogP) is 3.96. The van der Waals surface area contributed by atoms with Gasteiger partial charge in [0.1, 0.15) is 5.75 Å². The molecule has 0 bridgehead atoms. The van der Waals surface area contributed by atoms with Gasteiger partial charge in [-0.2, -0.15) is 0 Å². The van der Waals surface area contributed by atoms with E-state index in [1.807, 2.05) is 25.1 Å². The number of hydrogen-bond acceptors (Lipinski definition) is 3. The fraction of sp³-hybridized carbons (Fsp3) is 0.294. The lowest BCUT2D eigenvalue weighted by Crippen LogP contribution is -2.21. The zero-order valence-electron chi connectivity index (χ0n) is 12.0. The van der Waals surface area contributed by atoms with Crippen molar-refractivity contribution in [2.75, 3.05) is 7.11 Å². The Hall–Kier alpha value is -1.87. The maximum atomic E-state index is 12.5. The Morgan fingerprint density at radius 2 is 2.10 bits per heavy atom. The normalized spacial score (nSPS) is 17.5. The third-order valence-electron chi connectivity index (χ3n) is 4.02. The van der Waals surface area contributed by atoms with Crippen LogP contribution >= 0.6 is 11.6 Å². The van der Waals surface area contributed by atoms with E-state index in [-0.39, 0.29) is 11.7 Å². The van der Waals surface area contributed by atoms with Crippen LogP contribution in [0.4, 0.5) is 0 Å². The third kappa shape index (κ3) is 2.54. The molecule has 2 aromatic rings. The number of ether oxygens (including phenoxy) is 1. The van der Waals surface area contributed by atoms with Crippen LogP contribution in [0.5, 0.6) is 5.75 Å². The van der Waals surface area contributed by atoms with Gasteiger partial charge in [-0.3, -0.25) is 9.78 Å². The molecule has 0 spiro atoms. The van der Waals surface area contributed by atoms with E-state index in [1.165, 1.54) is 0 Å². The number of nitrogens with zero attached hydrogens (tertiary/aromatic N) is 1. The lowest BCUT2D eigenvalue weighted by atomic mass is 9.80. The molecule has 1 heterocycles. The molecule has 0 amide bonds. The summed E-state index contributed by atoms with van der Waals surface area (Å²) in [7, 11) is 1.63. The molecule has 0 N–H and O–H groups in total. The van der Waals surface area contributed by atoms with Gasteiger partial charge in [0.25, 0.3) is 0 Å². The van der Waals surface area contributed by atoms with Crippen LogP contribution in [0.1, 0.15) is 39.5 Å². The minimum atomic E-state index is 0.0629. The van der Waals surface area contributed by atoms with E-state index in [4.69, 9.17) is 16.3 Å². The van der Waals surface area contributed by atoms with Crippen molar-refractivity contribution in [3.05, 3.63) is 57.9 Å². The molecule has 1 atom stereocenters. The van der Waals surface area contributed by atoms with Crippen molar-refractivity contribution in [1.29, 1.82) is 0 Å². The summed E-state index contributed by atoms with van der Waals surface area (Å²) in [6.07, 6.45) is 2.97. The first kappa shape index (κ1) is 14.1. The van der Waals surface area contributed by atoms with Crippen molar-refractivity contribution >= 4 is 17.4 Å². The number of ketones is 1. The van der Waals surface area contributed by atoms with Crippen LogP contribution in [0, 0.1) is 6.92 Å². The van der Waals surface area contributed by atoms with Gasteiger partial charge < -0.3 is 4.74 Å². The number of carbonyl (C=O) groups excluding carboxylic acids is 1. The highest BCUT2D eigenvalue weighted by atomic mass is 35.5. The summed E-state index contributed by atoms with van der Waals surface area (Å²) in [6.45, 7) is 1.96. The number of carbonyl (C=O) groups is 1. The van der Waals surface area contributed by atoms with E-state index in [2.05, 4.69) is 4.98 Å². The SMILES string of the molecule is COc1ccc(Cl)cc1C1CC(=O)c2c(C)ccnc2C1. The zero-order valence-corrected chi connectivity index (χ0v) is 12.8. The largest absolute Gasteiger partial charge is 0.496 e. The Morgan fingerprint density at radius 1 is 1.29 bits per heavy atom. The van der Waals surface area contributed by atoms with Gasteiger partial charge in [0.05, 0.1) is 12.8 Å². The summed E-state index contributed by atoms with van der Waals surface area (Å²) >= 11 is 6.10. The van der Waals surface area contributed by atoms with E-state index in [1.54, 1.807) is 19.4 Å². The standard InChI is InChI=1S/C17H16ClNO2/c1-10-5-6-19-14-7-11(8-15(20)17(10)14)13-9-12(18)3-4-16(13)21-2/h3-6,9,11H,7-8H2,1-2H3.